The topological polar surface area (TPSA) is 69.0 Å². The summed E-state index contributed by atoms with van der Waals surface area (Å²) in [5.41, 5.74) is 0. The molecule has 0 unspecified atom stereocenters. The molecule has 0 amide bonds. The number of aromatic nitrogens is 5. The summed E-state index contributed by atoms with van der Waals surface area (Å²) >= 11 is 0. The predicted octanol–water partition coefficient (Wildman–Crippen LogP) is 2.19. The molecule has 2 aromatic rings. The Bertz CT molecular complexity index is 660. The molecule has 23 heavy (non-hydrogen) atoms. The normalized spacial score (nSPS) is 19.1. The van der Waals surface area contributed by atoms with E-state index in [1.54, 1.807) is 6.33 Å². The maximum atomic E-state index is 5.47. The zero-order valence-corrected chi connectivity index (χ0v) is 13.4. The third kappa shape index (κ3) is 3.00. The van der Waals surface area contributed by atoms with Crippen LogP contribution in [0.25, 0.3) is 0 Å². The van der Waals surface area contributed by atoms with Gasteiger partial charge in [0.15, 0.2) is 0 Å². The van der Waals surface area contributed by atoms with Crippen LogP contribution in [0.4, 0.5) is 5.82 Å². The van der Waals surface area contributed by atoms with Crippen LogP contribution in [0.5, 0.6) is 5.88 Å². The van der Waals surface area contributed by atoms with Crippen LogP contribution in [0.1, 0.15) is 50.4 Å². The molecule has 7 nitrogen and oxygen atoms in total. The fraction of sp³-hybridized carbons (Fsp3) is 0.625. The minimum absolute atomic E-state index is 0.502. The summed E-state index contributed by atoms with van der Waals surface area (Å²) in [6.07, 6.45) is 8.18. The van der Waals surface area contributed by atoms with Crippen molar-refractivity contribution in [3.05, 3.63) is 24.5 Å². The van der Waals surface area contributed by atoms with Crippen LogP contribution in [-0.2, 0) is 0 Å². The van der Waals surface area contributed by atoms with Crippen LogP contribution in [0.2, 0.25) is 0 Å². The first-order valence-corrected chi connectivity index (χ1v) is 8.44. The van der Waals surface area contributed by atoms with Crippen LogP contribution in [-0.4, -0.2) is 44.4 Å². The molecule has 7 heteroatoms. The average molecular weight is 314 g/mol. The number of ether oxygens (including phenoxy) is 1. The highest BCUT2D eigenvalue weighted by molar-refractivity contribution is 5.41. The Labute approximate surface area is 135 Å². The van der Waals surface area contributed by atoms with Crippen LogP contribution in [0.3, 0.4) is 0 Å². The molecule has 0 bridgehead atoms. The largest absolute Gasteiger partial charge is 0.478 e. The lowest BCUT2D eigenvalue weighted by molar-refractivity contribution is 0.326. The van der Waals surface area contributed by atoms with Gasteiger partial charge in [-0.15, -0.1) is 10.2 Å². The van der Waals surface area contributed by atoms with Crippen molar-refractivity contribution < 1.29 is 4.74 Å². The average Bonchev–Trinajstić information content (AvgIpc) is 3.32. The van der Waals surface area contributed by atoms with Gasteiger partial charge in [-0.25, -0.2) is 9.97 Å². The molecule has 0 spiro atoms. The first kappa shape index (κ1) is 14.4. The zero-order chi connectivity index (χ0) is 15.6. The highest BCUT2D eigenvalue weighted by Gasteiger charge is 2.31. The molecule has 3 heterocycles. The summed E-state index contributed by atoms with van der Waals surface area (Å²) in [6, 6.07) is 2.57. The van der Waals surface area contributed by atoms with E-state index in [0.29, 0.717) is 24.4 Å². The highest BCUT2D eigenvalue weighted by Crippen LogP contribution is 2.38. The molecular weight excluding hydrogens is 292 g/mol. The smallest absolute Gasteiger partial charge is 0.218 e. The van der Waals surface area contributed by atoms with E-state index in [9.17, 15) is 0 Å². The van der Waals surface area contributed by atoms with Gasteiger partial charge in [-0.1, -0.05) is 0 Å². The van der Waals surface area contributed by atoms with Gasteiger partial charge in [0, 0.05) is 31.1 Å². The van der Waals surface area contributed by atoms with Crippen molar-refractivity contribution in [1.82, 2.24) is 24.7 Å². The maximum Gasteiger partial charge on any atom is 0.218 e. The minimum Gasteiger partial charge on any atom is -0.478 e. The molecule has 2 aliphatic rings. The quantitative estimate of drug-likeness (QED) is 0.842. The van der Waals surface area contributed by atoms with Gasteiger partial charge in [-0.05, 0) is 32.6 Å². The molecule has 1 aliphatic heterocycles. The van der Waals surface area contributed by atoms with E-state index in [0.717, 1.165) is 31.7 Å². The molecule has 2 fully saturated rings. The number of hydrogen-bond acceptors (Lipinski definition) is 6. The second kappa shape index (κ2) is 6.14. The molecule has 0 N–H and O–H groups in total. The van der Waals surface area contributed by atoms with Crippen molar-refractivity contribution >= 4 is 5.82 Å². The van der Waals surface area contributed by atoms with Gasteiger partial charge in [0.2, 0.25) is 5.88 Å². The Morgan fingerprint density at radius 1 is 1.17 bits per heavy atom. The van der Waals surface area contributed by atoms with Gasteiger partial charge in [0.1, 0.15) is 24.3 Å². The summed E-state index contributed by atoms with van der Waals surface area (Å²) < 4.78 is 7.76. The van der Waals surface area contributed by atoms with E-state index in [4.69, 9.17) is 4.74 Å². The lowest BCUT2D eigenvalue weighted by atomic mass is 9.96. The van der Waals surface area contributed by atoms with Crippen molar-refractivity contribution in [2.45, 2.75) is 44.6 Å². The molecule has 0 radical (unpaired) electrons. The van der Waals surface area contributed by atoms with Crippen LogP contribution in [0, 0.1) is 0 Å². The molecule has 0 aromatic carbocycles. The maximum absolute atomic E-state index is 5.47. The second-order valence-corrected chi connectivity index (χ2v) is 6.24. The number of hydrogen-bond donors (Lipinski definition) is 0. The molecule has 1 aliphatic carbocycles. The summed E-state index contributed by atoms with van der Waals surface area (Å²) in [5, 5.41) is 8.52. The van der Waals surface area contributed by atoms with Gasteiger partial charge < -0.3 is 14.2 Å². The minimum atomic E-state index is 0.502. The molecule has 0 atom stereocenters. The zero-order valence-electron chi connectivity index (χ0n) is 13.4. The highest BCUT2D eigenvalue weighted by atomic mass is 16.5. The molecule has 1 saturated carbocycles. The van der Waals surface area contributed by atoms with Gasteiger partial charge in [0.05, 0.1) is 6.61 Å². The van der Waals surface area contributed by atoms with Gasteiger partial charge in [-0.3, -0.25) is 0 Å². The first-order valence-electron chi connectivity index (χ1n) is 8.44. The van der Waals surface area contributed by atoms with Crippen molar-refractivity contribution in [3.63, 3.8) is 0 Å². The van der Waals surface area contributed by atoms with E-state index in [1.165, 1.54) is 18.7 Å². The number of nitrogens with zero attached hydrogens (tertiary/aromatic N) is 6. The fourth-order valence-corrected chi connectivity index (χ4v) is 3.27. The predicted molar refractivity (Wildman–Crippen MR) is 85.7 cm³/mol. The summed E-state index contributed by atoms with van der Waals surface area (Å²) in [4.78, 5) is 10.8. The van der Waals surface area contributed by atoms with Crippen LogP contribution >= 0.6 is 0 Å². The Morgan fingerprint density at radius 3 is 2.74 bits per heavy atom. The van der Waals surface area contributed by atoms with Crippen molar-refractivity contribution in [3.8, 4) is 5.88 Å². The summed E-state index contributed by atoms with van der Waals surface area (Å²) in [6.45, 7) is 4.54. The Balaban J connectivity index is 1.42. The van der Waals surface area contributed by atoms with Gasteiger partial charge in [-0.2, -0.15) is 0 Å². The summed E-state index contributed by atoms with van der Waals surface area (Å²) in [7, 11) is 0. The monoisotopic (exact) mass is 314 g/mol. The lowest BCUT2D eigenvalue weighted by Gasteiger charge is -2.32. The van der Waals surface area contributed by atoms with Crippen molar-refractivity contribution in [1.29, 1.82) is 0 Å². The van der Waals surface area contributed by atoms with E-state index in [1.807, 2.05) is 19.3 Å². The lowest BCUT2D eigenvalue weighted by Crippen LogP contribution is -2.34. The van der Waals surface area contributed by atoms with E-state index in [-0.39, 0.29) is 0 Å². The molecule has 1 saturated heterocycles. The Morgan fingerprint density at radius 2 is 2.00 bits per heavy atom. The van der Waals surface area contributed by atoms with Gasteiger partial charge in [0.25, 0.3) is 0 Å². The molecule has 2 aromatic heterocycles. The van der Waals surface area contributed by atoms with Crippen LogP contribution in [0.15, 0.2) is 18.7 Å². The van der Waals surface area contributed by atoms with Crippen molar-refractivity contribution in [2.75, 3.05) is 24.6 Å². The molecule has 4 rings (SSSR count). The van der Waals surface area contributed by atoms with Gasteiger partial charge >= 0.3 is 0 Å². The SMILES string of the molecule is CCOc1cc(N2CCC(c3nncn3C3CC3)CC2)ncn1. The first-order chi connectivity index (χ1) is 11.3. The molecule has 122 valence electrons. The number of rotatable bonds is 5. The number of anilines is 1. The van der Waals surface area contributed by atoms with E-state index in [2.05, 4.69) is 29.6 Å². The number of piperidine rings is 1. The third-order valence-electron chi connectivity index (χ3n) is 4.64. The van der Waals surface area contributed by atoms with Crippen molar-refractivity contribution in [2.24, 2.45) is 0 Å². The Kier molecular flexibility index (Phi) is 3.85. The standard InChI is InChI=1S/C16H22N6O/c1-2-23-15-9-14(17-10-18-15)21-7-5-12(6-8-21)16-20-19-11-22(16)13-3-4-13/h9-13H,2-8H2,1H3. The molecular formula is C16H22N6O. The summed E-state index contributed by atoms with van der Waals surface area (Å²) in [5.74, 6) is 3.27. The van der Waals surface area contributed by atoms with E-state index >= 15 is 0 Å². The Hall–Kier alpha value is -2.18. The fourth-order valence-electron chi connectivity index (χ4n) is 3.27. The second-order valence-electron chi connectivity index (χ2n) is 6.24. The third-order valence-corrected chi connectivity index (χ3v) is 4.64. The van der Waals surface area contributed by atoms with Crippen LogP contribution < -0.4 is 9.64 Å². The van der Waals surface area contributed by atoms with E-state index < -0.39 is 0 Å².